The van der Waals surface area contributed by atoms with Crippen molar-refractivity contribution in [2.24, 2.45) is 0 Å². The van der Waals surface area contributed by atoms with E-state index in [-0.39, 0.29) is 10.7 Å². The second-order valence-corrected chi connectivity index (χ2v) is 6.64. The number of nitrogens with zero attached hydrogens (tertiary/aromatic N) is 1. The molecular weight excluding hydrogens is 244 g/mol. The number of carbonyl (C=O) groups excluding carboxylic acids is 1. The topological polar surface area (TPSA) is 46.3 Å². The van der Waals surface area contributed by atoms with Gasteiger partial charge in [0.1, 0.15) is 0 Å². The second-order valence-electron chi connectivity index (χ2n) is 5.04. The highest BCUT2D eigenvalue weighted by Gasteiger charge is 2.38. The molecule has 1 aromatic carbocycles. The minimum Gasteiger partial charge on any atom is -0.398 e. The van der Waals surface area contributed by atoms with Crippen molar-refractivity contribution in [2.45, 2.75) is 31.1 Å². The van der Waals surface area contributed by atoms with Crippen LogP contribution in [0.5, 0.6) is 0 Å². The number of rotatable bonds is 3. The van der Waals surface area contributed by atoms with Gasteiger partial charge in [0, 0.05) is 19.3 Å². The van der Waals surface area contributed by atoms with Gasteiger partial charge >= 0.3 is 0 Å². The van der Waals surface area contributed by atoms with Gasteiger partial charge in [-0.3, -0.25) is 4.79 Å². The van der Waals surface area contributed by atoms with Gasteiger partial charge in [-0.25, -0.2) is 0 Å². The summed E-state index contributed by atoms with van der Waals surface area (Å²) in [5.41, 5.74) is 7.68. The summed E-state index contributed by atoms with van der Waals surface area (Å²) in [6, 6.07) is 7.72. The smallest absolute Gasteiger partial charge is 0.238 e. The fourth-order valence-electron chi connectivity index (χ4n) is 2.36. The van der Waals surface area contributed by atoms with Crippen LogP contribution in [0.15, 0.2) is 24.3 Å². The van der Waals surface area contributed by atoms with Crippen LogP contribution in [-0.2, 0) is 11.3 Å². The molecule has 3 nitrogen and oxygen atoms in total. The van der Waals surface area contributed by atoms with Crippen molar-refractivity contribution >= 4 is 23.4 Å². The molecule has 1 atom stereocenters. The number of hydrogen-bond donors (Lipinski definition) is 1. The Hall–Kier alpha value is -1.16. The SMILES string of the molecule is CN(Cc1ccccc1N)C(=O)C1(C)CCCS1. The molecule has 1 amide bonds. The van der Waals surface area contributed by atoms with Crippen molar-refractivity contribution in [3.05, 3.63) is 29.8 Å². The minimum absolute atomic E-state index is 0.216. The van der Waals surface area contributed by atoms with Gasteiger partial charge in [0.05, 0.1) is 4.75 Å². The van der Waals surface area contributed by atoms with Gasteiger partial charge < -0.3 is 10.6 Å². The molecule has 1 unspecified atom stereocenters. The Kier molecular flexibility index (Phi) is 3.85. The number of thioether (sulfide) groups is 1. The molecule has 18 heavy (non-hydrogen) atoms. The molecular formula is C14H20N2OS. The summed E-state index contributed by atoms with van der Waals surface area (Å²) in [5, 5.41) is 0. The lowest BCUT2D eigenvalue weighted by Crippen LogP contribution is -2.41. The normalized spacial score (nSPS) is 23.0. The van der Waals surface area contributed by atoms with E-state index in [4.69, 9.17) is 5.73 Å². The van der Waals surface area contributed by atoms with Crippen LogP contribution in [0.2, 0.25) is 0 Å². The van der Waals surface area contributed by atoms with Crippen LogP contribution >= 0.6 is 11.8 Å². The molecule has 0 aromatic heterocycles. The zero-order valence-corrected chi connectivity index (χ0v) is 11.8. The first-order valence-corrected chi connectivity index (χ1v) is 7.24. The Morgan fingerprint density at radius 1 is 1.50 bits per heavy atom. The molecule has 4 heteroatoms. The summed E-state index contributed by atoms with van der Waals surface area (Å²) in [7, 11) is 1.86. The largest absolute Gasteiger partial charge is 0.398 e. The first kappa shape index (κ1) is 13.3. The third kappa shape index (κ3) is 2.64. The molecule has 1 aromatic rings. The van der Waals surface area contributed by atoms with Crippen LogP contribution in [0.25, 0.3) is 0 Å². The van der Waals surface area contributed by atoms with E-state index in [1.807, 2.05) is 31.3 Å². The zero-order chi connectivity index (χ0) is 13.2. The number of amides is 1. The van der Waals surface area contributed by atoms with E-state index < -0.39 is 0 Å². The summed E-state index contributed by atoms with van der Waals surface area (Å²) in [5.74, 6) is 1.30. The molecule has 0 spiro atoms. The molecule has 1 saturated heterocycles. The van der Waals surface area contributed by atoms with Crippen molar-refractivity contribution in [1.82, 2.24) is 4.90 Å². The fraction of sp³-hybridized carbons (Fsp3) is 0.500. The van der Waals surface area contributed by atoms with Crippen LogP contribution in [-0.4, -0.2) is 28.4 Å². The Morgan fingerprint density at radius 3 is 2.83 bits per heavy atom. The summed E-state index contributed by atoms with van der Waals surface area (Å²) in [6.07, 6.45) is 2.11. The number of benzene rings is 1. The number of para-hydroxylation sites is 1. The number of carbonyl (C=O) groups is 1. The minimum atomic E-state index is -0.238. The van der Waals surface area contributed by atoms with Gasteiger partial charge in [-0.2, -0.15) is 0 Å². The molecule has 0 aliphatic carbocycles. The van der Waals surface area contributed by atoms with E-state index in [1.54, 1.807) is 16.7 Å². The first-order chi connectivity index (χ1) is 8.53. The van der Waals surface area contributed by atoms with Gasteiger partial charge in [-0.15, -0.1) is 11.8 Å². The third-order valence-corrected chi connectivity index (χ3v) is 4.99. The van der Waals surface area contributed by atoms with Crippen LogP contribution in [0.4, 0.5) is 5.69 Å². The maximum atomic E-state index is 12.4. The van der Waals surface area contributed by atoms with Gasteiger partial charge in [0.15, 0.2) is 0 Å². The highest BCUT2D eigenvalue weighted by Crippen LogP contribution is 2.39. The molecule has 1 heterocycles. The molecule has 1 aliphatic rings. The lowest BCUT2D eigenvalue weighted by molar-refractivity contribution is -0.132. The van der Waals surface area contributed by atoms with Crippen LogP contribution in [0.1, 0.15) is 25.3 Å². The molecule has 0 saturated carbocycles. The summed E-state index contributed by atoms with van der Waals surface area (Å²) >= 11 is 1.77. The maximum absolute atomic E-state index is 12.4. The average Bonchev–Trinajstić information content (AvgIpc) is 2.79. The van der Waals surface area contributed by atoms with Crippen LogP contribution in [0, 0.1) is 0 Å². The summed E-state index contributed by atoms with van der Waals surface area (Å²) in [6.45, 7) is 2.64. The molecule has 0 radical (unpaired) electrons. The van der Waals surface area contributed by atoms with E-state index in [0.29, 0.717) is 6.54 Å². The van der Waals surface area contributed by atoms with Crippen molar-refractivity contribution in [1.29, 1.82) is 0 Å². The molecule has 1 fully saturated rings. The van der Waals surface area contributed by atoms with Gasteiger partial charge in [-0.1, -0.05) is 18.2 Å². The second kappa shape index (κ2) is 5.22. The van der Waals surface area contributed by atoms with E-state index >= 15 is 0 Å². The van der Waals surface area contributed by atoms with Crippen molar-refractivity contribution in [3.63, 3.8) is 0 Å². The van der Waals surface area contributed by atoms with Gasteiger partial charge in [0.25, 0.3) is 0 Å². The van der Waals surface area contributed by atoms with E-state index in [9.17, 15) is 4.79 Å². The Balaban J connectivity index is 2.06. The molecule has 1 aliphatic heterocycles. The Labute approximate surface area is 113 Å². The van der Waals surface area contributed by atoms with E-state index in [1.165, 1.54) is 0 Å². The van der Waals surface area contributed by atoms with Crippen LogP contribution in [0.3, 0.4) is 0 Å². The maximum Gasteiger partial charge on any atom is 0.238 e. The number of nitrogen functional groups attached to an aromatic ring is 1. The molecule has 2 N–H and O–H groups in total. The Morgan fingerprint density at radius 2 is 2.22 bits per heavy atom. The zero-order valence-electron chi connectivity index (χ0n) is 11.0. The predicted octanol–water partition coefficient (Wildman–Crippen LogP) is 2.51. The van der Waals surface area contributed by atoms with E-state index in [2.05, 4.69) is 6.92 Å². The first-order valence-electron chi connectivity index (χ1n) is 6.26. The molecule has 2 rings (SSSR count). The lowest BCUT2D eigenvalue weighted by atomic mass is 10.0. The third-order valence-electron chi connectivity index (χ3n) is 3.48. The quantitative estimate of drug-likeness (QED) is 0.853. The standard InChI is InChI=1S/C14H20N2OS/c1-14(8-5-9-18-14)13(17)16(2)10-11-6-3-4-7-12(11)15/h3-4,6-7H,5,8-10,15H2,1-2H3. The monoisotopic (exact) mass is 264 g/mol. The van der Waals surface area contributed by atoms with Crippen molar-refractivity contribution < 1.29 is 4.79 Å². The highest BCUT2D eigenvalue weighted by atomic mass is 32.2. The number of anilines is 1. The molecule has 98 valence electrons. The van der Waals surface area contributed by atoms with Crippen LogP contribution < -0.4 is 5.73 Å². The molecule has 0 bridgehead atoms. The summed E-state index contributed by atoms with van der Waals surface area (Å²) < 4.78 is -0.238. The highest BCUT2D eigenvalue weighted by molar-refractivity contribution is 8.01. The Bertz CT molecular complexity index is 441. The number of hydrogen-bond acceptors (Lipinski definition) is 3. The number of nitrogens with two attached hydrogens (primary N) is 1. The summed E-state index contributed by atoms with van der Waals surface area (Å²) in [4.78, 5) is 14.2. The lowest BCUT2D eigenvalue weighted by Gasteiger charge is -2.28. The predicted molar refractivity (Wildman–Crippen MR) is 77.4 cm³/mol. The van der Waals surface area contributed by atoms with Crippen molar-refractivity contribution in [2.75, 3.05) is 18.5 Å². The fourth-order valence-corrected chi connectivity index (χ4v) is 3.66. The van der Waals surface area contributed by atoms with Gasteiger partial charge in [-0.05, 0) is 37.1 Å². The average molecular weight is 264 g/mol. The van der Waals surface area contributed by atoms with Gasteiger partial charge in [0.2, 0.25) is 5.91 Å². The van der Waals surface area contributed by atoms with Crippen molar-refractivity contribution in [3.8, 4) is 0 Å². The van der Waals surface area contributed by atoms with E-state index in [0.717, 1.165) is 29.8 Å².